The van der Waals surface area contributed by atoms with Crippen molar-refractivity contribution in [2.24, 2.45) is 0 Å². The zero-order valence-electron chi connectivity index (χ0n) is 14.7. The first-order valence-electron chi connectivity index (χ1n) is 8.50. The smallest absolute Gasteiger partial charge is 0.284 e. The van der Waals surface area contributed by atoms with Crippen LogP contribution in [0.3, 0.4) is 0 Å². The molecule has 1 aromatic carbocycles. The van der Waals surface area contributed by atoms with Gasteiger partial charge in [-0.1, -0.05) is 42.1 Å². The number of benzene rings is 1. The molecule has 7 heteroatoms. The molecule has 1 N–H and O–H groups in total. The van der Waals surface area contributed by atoms with Crippen molar-refractivity contribution in [3.63, 3.8) is 0 Å². The highest BCUT2D eigenvalue weighted by atomic mass is 32.2. The second-order valence-corrected chi connectivity index (χ2v) is 7.34. The summed E-state index contributed by atoms with van der Waals surface area (Å²) in [4.78, 5) is 12.4. The third kappa shape index (κ3) is 4.98. The molecule has 2 atom stereocenters. The molecule has 136 valence electrons. The summed E-state index contributed by atoms with van der Waals surface area (Å²) >= 11 is 1.23. The molecule has 0 aliphatic heterocycles. The Balaban J connectivity index is 1.47. The Kier molecular flexibility index (Phi) is 6.12. The third-order valence-electron chi connectivity index (χ3n) is 3.88. The van der Waals surface area contributed by atoms with E-state index in [0.29, 0.717) is 16.9 Å². The molecule has 0 saturated carbocycles. The van der Waals surface area contributed by atoms with E-state index < -0.39 is 0 Å². The third-order valence-corrected chi connectivity index (χ3v) is 4.82. The van der Waals surface area contributed by atoms with Gasteiger partial charge in [-0.05, 0) is 44.4 Å². The molecule has 0 aliphatic rings. The number of thioether (sulfide) groups is 1. The van der Waals surface area contributed by atoms with E-state index in [2.05, 4.69) is 27.6 Å². The van der Waals surface area contributed by atoms with Crippen molar-refractivity contribution >= 4 is 17.7 Å². The van der Waals surface area contributed by atoms with Crippen LogP contribution in [0.5, 0.6) is 0 Å². The Morgan fingerprint density at radius 1 is 1.15 bits per heavy atom. The Morgan fingerprint density at radius 2 is 1.96 bits per heavy atom. The zero-order chi connectivity index (χ0) is 18.4. The van der Waals surface area contributed by atoms with Crippen LogP contribution in [0.25, 0.3) is 11.7 Å². The van der Waals surface area contributed by atoms with E-state index in [9.17, 15) is 4.79 Å². The standard InChI is InChI=1S/C19H21N3O3S/c1-13(10-11-15-7-4-3-5-8-15)20-17(23)14(2)26-19-22-21-18(25-19)16-9-6-12-24-16/h3-9,12-14H,10-11H2,1-2H3,(H,20,23)/t13-,14+/m1/s1. The van der Waals surface area contributed by atoms with Gasteiger partial charge in [-0.2, -0.15) is 0 Å². The Hall–Kier alpha value is -2.54. The number of carbonyl (C=O) groups is 1. The van der Waals surface area contributed by atoms with Crippen molar-refractivity contribution in [3.8, 4) is 11.7 Å². The fraction of sp³-hybridized carbons (Fsp3) is 0.316. The van der Waals surface area contributed by atoms with Gasteiger partial charge in [0, 0.05) is 6.04 Å². The van der Waals surface area contributed by atoms with Gasteiger partial charge in [0.1, 0.15) is 0 Å². The number of nitrogens with one attached hydrogen (secondary N) is 1. The number of furan rings is 1. The molecule has 0 spiro atoms. The second kappa shape index (κ2) is 8.71. The van der Waals surface area contributed by atoms with Crippen LogP contribution in [0.4, 0.5) is 0 Å². The molecular weight excluding hydrogens is 350 g/mol. The number of carbonyl (C=O) groups excluding carboxylic acids is 1. The maximum Gasteiger partial charge on any atom is 0.284 e. The summed E-state index contributed by atoms with van der Waals surface area (Å²) in [6.07, 6.45) is 3.36. The summed E-state index contributed by atoms with van der Waals surface area (Å²) in [6.45, 7) is 3.83. The lowest BCUT2D eigenvalue weighted by Crippen LogP contribution is -2.37. The lowest BCUT2D eigenvalue weighted by molar-refractivity contribution is -0.120. The van der Waals surface area contributed by atoms with Crippen LogP contribution in [-0.2, 0) is 11.2 Å². The summed E-state index contributed by atoms with van der Waals surface area (Å²) in [6, 6.07) is 13.8. The van der Waals surface area contributed by atoms with Crippen molar-refractivity contribution in [2.45, 2.75) is 43.2 Å². The minimum Gasteiger partial charge on any atom is -0.459 e. The van der Waals surface area contributed by atoms with Crippen molar-refractivity contribution in [1.82, 2.24) is 15.5 Å². The molecule has 0 saturated heterocycles. The first-order chi connectivity index (χ1) is 12.6. The number of nitrogens with zero attached hydrogens (tertiary/aromatic N) is 2. The average molecular weight is 371 g/mol. The molecule has 1 amide bonds. The molecule has 6 nitrogen and oxygen atoms in total. The molecular formula is C19H21N3O3S. The molecule has 2 heterocycles. The van der Waals surface area contributed by atoms with Crippen LogP contribution >= 0.6 is 11.8 Å². The number of hydrogen-bond acceptors (Lipinski definition) is 6. The molecule has 0 aliphatic carbocycles. The van der Waals surface area contributed by atoms with Gasteiger partial charge < -0.3 is 14.2 Å². The van der Waals surface area contributed by atoms with E-state index in [-0.39, 0.29) is 17.2 Å². The number of hydrogen-bond donors (Lipinski definition) is 1. The highest BCUT2D eigenvalue weighted by molar-refractivity contribution is 8.00. The lowest BCUT2D eigenvalue weighted by atomic mass is 10.1. The Morgan fingerprint density at radius 3 is 2.69 bits per heavy atom. The zero-order valence-corrected chi connectivity index (χ0v) is 15.5. The molecule has 0 fully saturated rings. The topological polar surface area (TPSA) is 81.2 Å². The lowest BCUT2D eigenvalue weighted by Gasteiger charge is -2.16. The van der Waals surface area contributed by atoms with Crippen molar-refractivity contribution in [3.05, 3.63) is 54.3 Å². The van der Waals surface area contributed by atoms with Gasteiger partial charge >= 0.3 is 0 Å². The van der Waals surface area contributed by atoms with Gasteiger partial charge in [-0.25, -0.2) is 0 Å². The second-order valence-electron chi connectivity index (χ2n) is 6.04. The van der Waals surface area contributed by atoms with E-state index in [1.807, 2.05) is 32.0 Å². The predicted molar refractivity (Wildman–Crippen MR) is 99.7 cm³/mol. The number of rotatable bonds is 8. The van der Waals surface area contributed by atoms with E-state index >= 15 is 0 Å². The van der Waals surface area contributed by atoms with Crippen molar-refractivity contribution < 1.29 is 13.6 Å². The fourth-order valence-corrected chi connectivity index (χ4v) is 3.11. The highest BCUT2D eigenvalue weighted by Gasteiger charge is 2.20. The molecule has 0 unspecified atom stereocenters. The van der Waals surface area contributed by atoms with Gasteiger partial charge in [0.2, 0.25) is 5.91 Å². The summed E-state index contributed by atoms with van der Waals surface area (Å²) in [5.74, 6) is 0.769. The molecule has 2 aromatic heterocycles. The monoisotopic (exact) mass is 371 g/mol. The van der Waals surface area contributed by atoms with E-state index in [0.717, 1.165) is 12.8 Å². The summed E-state index contributed by atoms with van der Waals surface area (Å²) in [5, 5.41) is 10.9. The van der Waals surface area contributed by atoms with Crippen LogP contribution in [0.15, 0.2) is 62.8 Å². The van der Waals surface area contributed by atoms with Crippen LogP contribution in [-0.4, -0.2) is 27.4 Å². The first kappa shape index (κ1) is 18.3. The average Bonchev–Trinajstić information content (AvgIpc) is 3.32. The van der Waals surface area contributed by atoms with Crippen molar-refractivity contribution in [2.75, 3.05) is 0 Å². The van der Waals surface area contributed by atoms with E-state index in [4.69, 9.17) is 8.83 Å². The molecule has 0 bridgehead atoms. The van der Waals surface area contributed by atoms with Crippen LogP contribution < -0.4 is 5.32 Å². The Bertz CT molecular complexity index is 818. The number of aromatic nitrogens is 2. The highest BCUT2D eigenvalue weighted by Crippen LogP contribution is 2.26. The van der Waals surface area contributed by atoms with Gasteiger partial charge in [-0.3, -0.25) is 4.79 Å². The molecule has 26 heavy (non-hydrogen) atoms. The summed E-state index contributed by atoms with van der Waals surface area (Å²) in [5.41, 5.74) is 1.27. The molecule has 3 aromatic rings. The largest absolute Gasteiger partial charge is 0.459 e. The number of amides is 1. The predicted octanol–water partition coefficient (Wildman–Crippen LogP) is 3.95. The maximum absolute atomic E-state index is 12.4. The van der Waals surface area contributed by atoms with Gasteiger partial charge in [0.05, 0.1) is 11.5 Å². The normalized spacial score (nSPS) is 13.3. The summed E-state index contributed by atoms with van der Waals surface area (Å²) < 4.78 is 10.7. The van der Waals surface area contributed by atoms with Crippen LogP contribution in [0.1, 0.15) is 25.8 Å². The van der Waals surface area contributed by atoms with E-state index in [1.54, 1.807) is 18.4 Å². The van der Waals surface area contributed by atoms with Crippen LogP contribution in [0.2, 0.25) is 0 Å². The van der Waals surface area contributed by atoms with Crippen molar-refractivity contribution in [1.29, 1.82) is 0 Å². The first-order valence-corrected chi connectivity index (χ1v) is 9.38. The number of aryl methyl sites for hydroxylation is 1. The minimum absolute atomic E-state index is 0.0479. The molecule has 0 radical (unpaired) electrons. The van der Waals surface area contributed by atoms with Gasteiger partial charge in [0.15, 0.2) is 5.76 Å². The SMILES string of the molecule is C[C@H](CCc1ccccc1)NC(=O)[C@H](C)Sc1nnc(-c2ccco2)o1. The van der Waals surface area contributed by atoms with Gasteiger partial charge in [0.25, 0.3) is 11.1 Å². The quantitative estimate of drug-likeness (QED) is 0.604. The molecule has 3 rings (SSSR count). The van der Waals surface area contributed by atoms with Gasteiger partial charge in [-0.15, -0.1) is 10.2 Å². The van der Waals surface area contributed by atoms with E-state index in [1.165, 1.54) is 17.3 Å². The Labute approximate surface area is 156 Å². The maximum atomic E-state index is 12.4. The van der Waals surface area contributed by atoms with Crippen LogP contribution in [0, 0.1) is 0 Å². The minimum atomic E-state index is -0.334. The fourth-order valence-electron chi connectivity index (χ4n) is 2.42. The summed E-state index contributed by atoms with van der Waals surface area (Å²) in [7, 11) is 0.